The predicted octanol–water partition coefficient (Wildman–Crippen LogP) is 1.34. The molecule has 6 nitrogen and oxygen atoms in total. The molecule has 2 heterocycles. The van der Waals surface area contributed by atoms with Crippen LogP contribution in [0.4, 0.5) is 10.2 Å². The number of nitrogens with one attached hydrogen (secondary N) is 1. The van der Waals surface area contributed by atoms with Crippen LogP contribution in [0.3, 0.4) is 0 Å². The van der Waals surface area contributed by atoms with Crippen molar-refractivity contribution in [1.29, 1.82) is 0 Å². The summed E-state index contributed by atoms with van der Waals surface area (Å²) in [4.78, 5) is 29.4. The number of benzene rings is 1. The fourth-order valence-corrected chi connectivity index (χ4v) is 2.98. The number of ether oxygens (including phenoxy) is 1. The Kier molecular flexibility index (Phi) is 4.53. The number of rotatable bonds is 3. The van der Waals surface area contributed by atoms with Crippen molar-refractivity contribution < 1.29 is 9.13 Å². The molecule has 0 saturated carbocycles. The van der Waals surface area contributed by atoms with Gasteiger partial charge in [-0.05, 0) is 31.5 Å². The minimum absolute atomic E-state index is 0.0268. The average molecular weight is 333 g/mol. The van der Waals surface area contributed by atoms with Gasteiger partial charge in [0.05, 0.1) is 18.8 Å². The molecule has 0 unspecified atom stereocenters. The van der Waals surface area contributed by atoms with Crippen LogP contribution in [0.5, 0.6) is 0 Å². The first kappa shape index (κ1) is 16.4. The zero-order valence-corrected chi connectivity index (χ0v) is 13.7. The maximum absolute atomic E-state index is 13.0. The van der Waals surface area contributed by atoms with Gasteiger partial charge in [-0.1, -0.05) is 12.1 Å². The highest BCUT2D eigenvalue weighted by molar-refractivity contribution is 5.37. The summed E-state index contributed by atoms with van der Waals surface area (Å²) in [6.45, 7) is 5.24. The van der Waals surface area contributed by atoms with Crippen molar-refractivity contribution in [2.45, 2.75) is 32.6 Å². The predicted molar refractivity (Wildman–Crippen MR) is 89.0 cm³/mol. The SMILES string of the molecule is C[C@@H]1CN(c2cc(=O)n(Cc3ccc(F)cc3)c(=O)[nH]2)C[C@H](C)O1. The van der Waals surface area contributed by atoms with Crippen molar-refractivity contribution in [3.63, 3.8) is 0 Å². The smallest absolute Gasteiger partial charge is 0.330 e. The molecule has 1 aromatic heterocycles. The Labute approximate surface area is 138 Å². The molecule has 3 rings (SSSR count). The zero-order chi connectivity index (χ0) is 17.3. The van der Waals surface area contributed by atoms with E-state index in [2.05, 4.69) is 4.98 Å². The maximum atomic E-state index is 13.0. The lowest BCUT2D eigenvalue weighted by Gasteiger charge is -2.36. The zero-order valence-electron chi connectivity index (χ0n) is 13.7. The normalized spacial score (nSPS) is 21.0. The van der Waals surface area contributed by atoms with Gasteiger partial charge in [-0.15, -0.1) is 0 Å². The van der Waals surface area contributed by atoms with Crippen LogP contribution in [0.1, 0.15) is 19.4 Å². The first-order valence-corrected chi connectivity index (χ1v) is 7.91. The molecular formula is C17H20FN3O3. The van der Waals surface area contributed by atoms with Gasteiger partial charge in [-0.25, -0.2) is 9.18 Å². The highest BCUT2D eigenvalue weighted by Gasteiger charge is 2.23. The lowest BCUT2D eigenvalue weighted by molar-refractivity contribution is -0.00549. The largest absolute Gasteiger partial charge is 0.372 e. The summed E-state index contributed by atoms with van der Waals surface area (Å²) in [5.74, 6) is 0.147. The first-order chi connectivity index (χ1) is 11.4. The van der Waals surface area contributed by atoms with E-state index in [1.807, 2.05) is 18.7 Å². The molecule has 0 spiro atoms. The number of aromatic nitrogens is 2. The quantitative estimate of drug-likeness (QED) is 0.920. The molecular weight excluding hydrogens is 313 g/mol. The van der Waals surface area contributed by atoms with E-state index >= 15 is 0 Å². The van der Waals surface area contributed by atoms with Crippen molar-refractivity contribution in [2.24, 2.45) is 0 Å². The molecule has 2 aromatic rings. The monoisotopic (exact) mass is 333 g/mol. The van der Waals surface area contributed by atoms with E-state index in [1.54, 1.807) is 12.1 Å². The standard InChI is InChI=1S/C17H20FN3O3/c1-11-8-20(9-12(2)24-11)15-7-16(22)21(17(23)19-15)10-13-3-5-14(18)6-4-13/h3-7,11-12H,8-10H2,1-2H3,(H,19,23)/t11-,12+. The second-order valence-electron chi connectivity index (χ2n) is 6.17. The fourth-order valence-electron chi connectivity index (χ4n) is 2.98. The molecule has 1 saturated heterocycles. The Morgan fingerprint density at radius 3 is 2.38 bits per heavy atom. The number of hydrogen-bond acceptors (Lipinski definition) is 4. The van der Waals surface area contributed by atoms with E-state index in [1.165, 1.54) is 18.2 Å². The average Bonchev–Trinajstić information content (AvgIpc) is 2.51. The molecule has 7 heteroatoms. The minimum atomic E-state index is -0.478. The Morgan fingerprint density at radius 1 is 1.17 bits per heavy atom. The molecule has 1 aromatic carbocycles. The Balaban J connectivity index is 1.87. The van der Waals surface area contributed by atoms with E-state index < -0.39 is 5.69 Å². The van der Waals surface area contributed by atoms with Crippen LogP contribution < -0.4 is 16.1 Å². The van der Waals surface area contributed by atoms with Gasteiger partial charge >= 0.3 is 5.69 Å². The molecule has 1 aliphatic rings. The third-order valence-corrected chi connectivity index (χ3v) is 4.02. The topological polar surface area (TPSA) is 67.3 Å². The highest BCUT2D eigenvalue weighted by atomic mass is 19.1. The Morgan fingerprint density at radius 2 is 1.79 bits per heavy atom. The molecule has 0 bridgehead atoms. The number of hydrogen-bond donors (Lipinski definition) is 1. The lowest BCUT2D eigenvalue weighted by Crippen LogP contribution is -2.47. The van der Waals surface area contributed by atoms with E-state index in [4.69, 9.17) is 4.74 Å². The van der Waals surface area contributed by atoms with Crippen molar-refractivity contribution in [3.8, 4) is 0 Å². The molecule has 1 N–H and O–H groups in total. The van der Waals surface area contributed by atoms with Crippen LogP contribution >= 0.6 is 0 Å². The molecule has 2 atom stereocenters. The number of morpholine rings is 1. The second kappa shape index (κ2) is 6.60. The molecule has 0 radical (unpaired) electrons. The van der Waals surface area contributed by atoms with Crippen molar-refractivity contribution in [3.05, 3.63) is 62.6 Å². The summed E-state index contributed by atoms with van der Waals surface area (Å²) in [7, 11) is 0. The summed E-state index contributed by atoms with van der Waals surface area (Å²) >= 11 is 0. The number of nitrogens with zero attached hydrogens (tertiary/aromatic N) is 2. The third kappa shape index (κ3) is 3.56. The minimum Gasteiger partial charge on any atom is -0.372 e. The van der Waals surface area contributed by atoms with Crippen LogP contribution in [0.2, 0.25) is 0 Å². The third-order valence-electron chi connectivity index (χ3n) is 4.02. The van der Waals surface area contributed by atoms with Crippen LogP contribution in [-0.4, -0.2) is 34.8 Å². The van der Waals surface area contributed by atoms with Gasteiger partial charge < -0.3 is 9.64 Å². The number of aromatic amines is 1. The van der Waals surface area contributed by atoms with Crippen molar-refractivity contribution in [2.75, 3.05) is 18.0 Å². The number of halogens is 1. The summed E-state index contributed by atoms with van der Waals surface area (Å²) in [6, 6.07) is 7.15. The van der Waals surface area contributed by atoms with Crippen LogP contribution in [0, 0.1) is 5.82 Å². The number of anilines is 1. The number of H-pyrrole nitrogens is 1. The Hall–Kier alpha value is -2.41. The molecule has 128 valence electrons. The van der Waals surface area contributed by atoms with E-state index in [9.17, 15) is 14.0 Å². The summed E-state index contributed by atoms with van der Waals surface area (Å²) in [5, 5.41) is 0. The van der Waals surface area contributed by atoms with Crippen LogP contribution in [-0.2, 0) is 11.3 Å². The summed E-state index contributed by atoms with van der Waals surface area (Å²) < 4.78 is 19.7. The van der Waals surface area contributed by atoms with Gasteiger partial charge in [-0.3, -0.25) is 14.3 Å². The van der Waals surface area contributed by atoms with Gasteiger partial charge in [0.25, 0.3) is 5.56 Å². The second-order valence-corrected chi connectivity index (χ2v) is 6.17. The summed E-state index contributed by atoms with van der Waals surface area (Å²) in [6.07, 6.45) is 0.0535. The van der Waals surface area contributed by atoms with Gasteiger partial charge in [0.2, 0.25) is 0 Å². The molecule has 0 amide bonds. The van der Waals surface area contributed by atoms with Crippen LogP contribution in [0.25, 0.3) is 0 Å². The maximum Gasteiger partial charge on any atom is 0.330 e. The molecule has 24 heavy (non-hydrogen) atoms. The van der Waals surface area contributed by atoms with Gasteiger partial charge in [-0.2, -0.15) is 0 Å². The molecule has 0 aliphatic carbocycles. The summed E-state index contributed by atoms with van der Waals surface area (Å²) in [5.41, 5.74) is -0.177. The first-order valence-electron chi connectivity index (χ1n) is 7.91. The van der Waals surface area contributed by atoms with Gasteiger partial charge in [0, 0.05) is 19.2 Å². The van der Waals surface area contributed by atoms with Crippen molar-refractivity contribution in [1.82, 2.24) is 9.55 Å². The van der Waals surface area contributed by atoms with Gasteiger partial charge in [0.1, 0.15) is 11.6 Å². The van der Waals surface area contributed by atoms with E-state index in [0.29, 0.717) is 24.5 Å². The van der Waals surface area contributed by atoms with E-state index in [-0.39, 0.29) is 30.1 Å². The molecule has 1 fully saturated rings. The van der Waals surface area contributed by atoms with Crippen molar-refractivity contribution >= 4 is 5.82 Å². The van der Waals surface area contributed by atoms with E-state index in [0.717, 1.165) is 4.57 Å². The Bertz CT molecular complexity index is 787. The van der Waals surface area contributed by atoms with Crippen LogP contribution in [0.15, 0.2) is 39.9 Å². The lowest BCUT2D eigenvalue weighted by atomic mass is 10.2. The fraction of sp³-hybridized carbons (Fsp3) is 0.412. The van der Waals surface area contributed by atoms with Gasteiger partial charge in [0.15, 0.2) is 0 Å². The highest BCUT2D eigenvalue weighted by Crippen LogP contribution is 2.16. The molecule has 1 aliphatic heterocycles.